The number of carbonyl (C=O) groups is 2. The zero-order valence-corrected chi connectivity index (χ0v) is 15.1. The van der Waals surface area contributed by atoms with Crippen LogP contribution in [0.25, 0.3) is 0 Å². The van der Waals surface area contributed by atoms with E-state index >= 15 is 0 Å². The second kappa shape index (κ2) is 6.46. The molecule has 3 heterocycles. The van der Waals surface area contributed by atoms with E-state index in [0.717, 1.165) is 38.6 Å². The first-order valence-corrected chi connectivity index (χ1v) is 9.68. The summed E-state index contributed by atoms with van der Waals surface area (Å²) in [7, 11) is 1.81. The maximum absolute atomic E-state index is 13.3. The van der Waals surface area contributed by atoms with Gasteiger partial charge in [0, 0.05) is 38.9 Å². The topological polar surface area (TPSA) is 58.4 Å². The van der Waals surface area contributed by atoms with Crippen LogP contribution < -0.4 is 0 Å². The van der Waals surface area contributed by atoms with Crippen LogP contribution in [0, 0.1) is 5.41 Å². The first-order chi connectivity index (χ1) is 12.1. The van der Waals surface area contributed by atoms with Crippen molar-refractivity contribution >= 4 is 11.8 Å². The highest BCUT2D eigenvalue weighted by Crippen LogP contribution is 2.42. The first kappa shape index (κ1) is 16.6. The van der Waals surface area contributed by atoms with Crippen molar-refractivity contribution < 1.29 is 9.59 Å². The average Bonchev–Trinajstić information content (AvgIpc) is 3.25. The van der Waals surface area contributed by atoms with Gasteiger partial charge in [0.1, 0.15) is 0 Å². The molecule has 1 aliphatic carbocycles. The van der Waals surface area contributed by atoms with E-state index in [1.807, 2.05) is 11.9 Å². The highest BCUT2D eigenvalue weighted by Gasteiger charge is 2.50. The molecule has 4 rings (SSSR count). The van der Waals surface area contributed by atoms with Gasteiger partial charge in [-0.05, 0) is 32.1 Å². The lowest BCUT2D eigenvalue weighted by Gasteiger charge is -2.44. The molecule has 0 aromatic carbocycles. The van der Waals surface area contributed by atoms with Crippen LogP contribution in [0.5, 0.6) is 0 Å². The summed E-state index contributed by atoms with van der Waals surface area (Å²) in [6, 6.07) is 0.432. The number of nitrogens with zero attached hydrogens (tertiary/aromatic N) is 4. The zero-order chi connectivity index (χ0) is 17.4. The molecule has 0 N–H and O–H groups in total. The number of likely N-dealkylation sites (tertiary alicyclic amines) is 2. The van der Waals surface area contributed by atoms with Crippen molar-refractivity contribution in [1.29, 1.82) is 0 Å². The van der Waals surface area contributed by atoms with E-state index in [2.05, 4.69) is 10.00 Å². The summed E-state index contributed by atoms with van der Waals surface area (Å²) < 4.78 is 1.65. The van der Waals surface area contributed by atoms with Gasteiger partial charge in [-0.2, -0.15) is 5.10 Å². The van der Waals surface area contributed by atoms with E-state index in [9.17, 15) is 9.59 Å². The molecule has 1 spiro atoms. The Morgan fingerprint density at radius 1 is 1.16 bits per heavy atom. The molecule has 136 valence electrons. The highest BCUT2D eigenvalue weighted by molar-refractivity contribution is 5.95. The Hall–Kier alpha value is -1.85. The molecule has 1 aromatic rings. The Labute approximate surface area is 149 Å². The third-order valence-corrected chi connectivity index (χ3v) is 6.38. The third kappa shape index (κ3) is 2.96. The number of carbonyl (C=O) groups excluding carboxylic acids is 2. The second-order valence-electron chi connectivity index (χ2n) is 8.05. The van der Waals surface area contributed by atoms with Crippen LogP contribution >= 0.6 is 0 Å². The Morgan fingerprint density at radius 3 is 2.68 bits per heavy atom. The fourth-order valence-electron chi connectivity index (χ4n) is 4.98. The van der Waals surface area contributed by atoms with E-state index in [0.29, 0.717) is 30.6 Å². The minimum Gasteiger partial charge on any atom is -0.339 e. The largest absolute Gasteiger partial charge is 0.339 e. The van der Waals surface area contributed by atoms with Gasteiger partial charge in [-0.1, -0.05) is 19.3 Å². The molecule has 1 atom stereocenters. The van der Waals surface area contributed by atoms with E-state index in [-0.39, 0.29) is 11.3 Å². The Morgan fingerprint density at radius 2 is 1.96 bits per heavy atom. The number of piperidine rings is 1. The lowest BCUT2D eigenvalue weighted by atomic mass is 9.77. The molecule has 1 saturated carbocycles. The lowest BCUT2D eigenvalue weighted by molar-refractivity contribution is -0.149. The van der Waals surface area contributed by atoms with Crippen LogP contribution in [-0.4, -0.2) is 57.1 Å². The number of aryl methyl sites for hydroxylation is 1. The van der Waals surface area contributed by atoms with Gasteiger partial charge in [0.15, 0.2) is 0 Å². The number of rotatable bonds is 2. The van der Waals surface area contributed by atoms with Crippen molar-refractivity contribution in [3.8, 4) is 0 Å². The first-order valence-electron chi connectivity index (χ1n) is 9.68. The number of amides is 2. The maximum Gasteiger partial charge on any atom is 0.257 e. The number of hydrogen-bond acceptors (Lipinski definition) is 3. The van der Waals surface area contributed by atoms with Crippen LogP contribution in [0.2, 0.25) is 0 Å². The maximum atomic E-state index is 13.3. The summed E-state index contributed by atoms with van der Waals surface area (Å²) in [6.45, 7) is 2.16. The van der Waals surface area contributed by atoms with Gasteiger partial charge in [0.05, 0.1) is 17.2 Å². The molecular weight excluding hydrogens is 316 g/mol. The Bertz CT molecular complexity index is 664. The Balaban J connectivity index is 1.48. The smallest absolute Gasteiger partial charge is 0.257 e. The summed E-state index contributed by atoms with van der Waals surface area (Å²) in [6.07, 6.45) is 12.3. The van der Waals surface area contributed by atoms with Gasteiger partial charge < -0.3 is 9.80 Å². The van der Waals surface area contributed by atoms with E-state index in [1.165, 1.54) is 19.3 Å². The quantitative estimate of drug-likeness (QED) is 0.826. The molecule has 2 saturated heterocycles. The van der Waals surface area contributed by atoms with Gasteiger partial charge in [0.2, 0.25) is 5.91 Å². The fraction of sp³-hybridized carbons (Fsp3) is 0.737. The van der Waals surface area contributed by atoms with Gasteiger partial charge in [-0.3, -0.25) is 14.3 Å². The fourth-order valence-corrected chi connectivity index (χ4v) is 4.98. The minimum atomic E-state index is -0.340. The molecule has 1 aromatic heterocycles. The summed E-state index contributed by atoms with van der Waals surface area (Å²) in [5.41, 5.74) is 0.278. The molecule has 0 radical (unpaired) electrons. The van der Waals surface area contributed by atoms with Crippen LogP contribution in [0.1, 0.15) is 61.7 Å². The van der Waals surface area contributed by atoms with Crippen molar-refractivity contribution in [2.45, 2.75) is 57.4 Å². The number of aromatic nitrogens is 2. The van der Waals surface area contributed by atoms with Crippen molar-refractivity contribution in [3.05, 3.63) is 18.0 Å². The predicted octanol–water partition coefficient (Wildman–Crippen LogP) is 2.21. The zero-order valence-electron chi connectivity index (χ0n) is 15.1. The van der Waals surface area contributed by atoms with Crippen LogP contribution in [0.3, 0.4) is 0 Å². The third-order valence-electron chi connectivity index (χ3n) is 6.38. The SMILES string of the molecule is Cn1cc(C(=O)N2CCC3(CCCN(C4CCCCC4)C3=O)C2)cn1. The summed E-state index contributed by atoms with van der Waals surface area (Å²) in [5.74, 6) is 0.319. The summed E-state index contributed by atoms with van der Waals surface area (Å²) in [5, 5.41) is 4.10. The summed E-state index contributed by atoms with van der Waals surface area (Å²) >= 11 is 0. The second-order valence-corrected chi connectivity index (χ2v) is 8.05. The Kier molecular flexibility index (Phi) is 4.29. The minimum absolute atomic E-state index is 0.00700. The van der Waals surface area contributed by atoms with E-state index < -0.39 is 0 Å². The molecule has 0 bridgehead atoms. The molecule has 3 fully saturated rings. The highest BCUT2D eigenvalue weighted by atomic mass is 16.2. The summed E-state index contributed by atoms with van der Waals surface area (Å²) in [4.78, 5) is 30.1. The number of hydrogen-bond donors (Lipinski definition) is 0. The molecule has 1 unspecified atom stereocenters. The van der Waals surface area contributed by atoms with Crippen molar-refractivity contribution in [2.24, 2.45) is 12.5 Å². The average molecular weight is 344 g/mol. The van der Waals surface area contributed by atoms with E-state index in [1.54, 1.807) is 17.1 Å². The van der Waals surface area contributed by atoms with Crippen LogP contribution in [-0.2, 0) is 11.8 Å². The normalized spacial score (nSPS) is 28.1. The lowest BCUT2D eigenvalue weighted by Crippen LogP contribution is -2.54. The van der Waals surface area contributed by atoms with Gasteiger partial charge in [0.25, 0.3) is 5.91 Å². The van der Waals surface area contributed by atoms with Crippen molar-refractivity contribution in [1.82, 2.24) is 19.6 Å². The predicted molar refractivity (Wildman–Crippen MR) is 94.0 cm³/mol. The molecule has 2 aliphatic heterocycles. The monoisotopic (exact) mass is 344 g/mol. The molecule has 6 heteroatoms. The standard InChI is InChI=1S/C19H28N4O2/c1-21-13-15(12-20-21)17(24)22-11-9-19(14-22)8-5-10-23(18(19)25)16-6-3-2-4-7-16/h12-13,16H,2-11,14H2,1H3. The van der Waals surface area contributed by atoms with Crippen molar-refractivity contribution in [2.75, 3.05) is 19.6 Å². The van der Waals surface area contributed by atoms with Gasteiger partial charge >= 0.3 is 0 Å². The van der Waals surface area contributed by atoms with E-state index in [4.69, 9.17) is 0 Å². The molecule has 25 heavy (non-hydrogen) atoms. The molecule has 6 nitrogen and oxygen atoms in total. The van der Waals surface area contributed by atoms with Crippen LogP contribution in [0.4, 0.5) is 0 Å². The molecule has 3 aliphatic rings. The van der Waals surface area contributed by atoms with Crippen molar-refractivity contribution in [3.63, 3.8) is 0 Å². The van der Waals surface area contributed by atoms with Gasteiger partial charge in [-0.25, -0.2) is 0 Å². The molecular formula is C19H28N4O2. The van der Waals surface area contributed by atoms with Crippen LogP contribution in [0.15, 0.2) is 12.4 Å². The van der Waals surface area contributed by atoms with Gasteiger partial charge in [-0.15, -0.1) is 0 Å². The molecule has 2 amide bonds.